The van der Waals surface area contributed by atoms with Crippen LogP contribution < -0.4 is 10.1 Å². The number of amides is 3. The van der Waals surface area contributed by atoms with E-state index in [4.69, 9.17) is 0 Å². The van der Waals surface area contributed by atoms with Crippen LogP contribution in [-0.4, -0.2) is 49.6 Å². The van der Waals surface area contributed by atoms with Gasteiger partial charge < -0.3 is 4.74 Å². The number of carbonyl (C=O) groups is 3. The lowest BCUT2D eigenvalue weighted by atomic mass is 10.1. The second-order valence-corrected chi connectivity index (χ2v) is 7.92. The van der Waals surface area contributed by atoms with Gasteiger partial charge in [-0.05, 0) is 48.9 Å². The molecule has 0 spiro atoms. The summed E-state index contributed by atoms with van der Waals surface area (Å²) in [6.07, 6.45) is -3.29. The first-order valence-electron chi connectivity index (χ1n) is 10.6. The summed E-state index contributed by atoms with van der Waals surface area (Å²) in [6.45, 7) is 1.42. The van der Waals surface area contributed by atoms with Gasteiger partial charge in [-0.3, -0.25) is 24.6 Å². The lowest BCUT2D eigenvalue weighted by Crippen LogP contribution is -2.45. The Morgan fingerprint density at radius 3 is 2.33 bits per heavy atom. The third-order valence-corrected chi connectivity index (χ3v) is 5.56. The first-order valence-corrected chi connectivity index (χ1v) is 10.6. The zero-order valence-electron chi connectivity index (χ0n) is 18.5. The van der Waals surface area contributed by atoms with Crippen LogP contribution in [0.5, 0.6) is 5.75 Å². The standard InChI is InChI=1S/C24H16F3N5O4/c1-13(32-21(34)17-7-2-3-8-18(17)22(32)35)20(33)29-23-28-19-10-9-15(12-31(19)30-23)14-5-4-6-16(11-14)36-24(25,26)27/h2-13H,1H3,(H,29,30,33)/t13-/m0/s1. The van der Waals surface area contributed by atoms with Gasteiger partial charge >= 0.3 is 6.36 Å². The molecular formula is C24H16F3N5O4. The van der Waals surface area contributed by atoms with E-state index in [0.717, 1.165) is 4.90 Å². The molecule has 0 fully saturated rings. The number of hydrogen-bond donors (Lipinski definition) is 1. The first kappa shape index (κ1) is 23.0. The molecule has 5 rings (SSSR count). The molecule has 3 amide bonds. The molecule has 0 saturated carbocycles. The molecule has 0 bridgehead atoms. The van der Waals surface area contributed by atoms with Crippen LogP contribution in [-0.2, 0) is 4.79 Å². The fourth-order valence-electron chi connectivity index (χ4n) is 3.87. The molecule has 36 heavy (non-hydrogen) atoms. The Labute approximate surface area is 201 Å². The van der Waals surface area contributed by atoms with Crippen LogP contribution in [0.1, 0.15) is 27.6 Å². The summed E-state index contributed by atoms with van der Waals surface area (Å²) in [6, 6.07) is 13.8. The number of anilines is 1. The van der Waals surface area contributed by atoms with Crippen molar-refractivity contribution in [2.45, 2.75) is 19.3 Å². The highest BCUT2D eigenvalue weighted by atomic mass is 19.4. The number of alkyl halides is 3. The minimum Gasteiger partial charge on any atom is -0.406 e. The number of pyridine rings is 1. The van der Waals surface area contributed by atoms with E-state index < -0.39 is 30.1 Å². The normalized spacial score (nSPS) is 14.2. The van der Waals surface area contributed by atoms with Gasteiger partial charge in [0.2, 0.25) is 11.9 Å². The van der Waals surface area contributed by atoms with Crippen molar-refractivity contribution in [3.8, 4) is 16.9 Å². The van der Waals surface area contributed by atoms with Crippen molar-refractivity contribution in [1.29, 1.82) is 0 Å². The number of ether oxygens (including phenoxy) is 1. The zero-order chi connectivity index (χ0) is 25.6. The van der Waals surface area contributed by atoms with E-state index in [9.17, 15) is 27.6 Å². The van der Waals surface area contributed by atoms with Crippen molar-refractivity contribution in [3.05, 3.63) is 78.0 Å². The minimum atomic E-state index is -4.81. The van der Waals surface area contributed by atoms with Gasteiger partial charge in [0.15, 0.2) is 5.65 Å². The number of nitrogens with zero attached hydrogens (tertiary/aromatic N) is 4. The molecule has 0 unspecified atom stereocenters. The fourth-order valence-corrected chi connectivity index (χ4v) is 3.87. The summed E-state index contributed by atoms with van der Waals surface area (Å²) in [5.41, 5.74) is 1.77. The Morgan fingerprint density at radius 2 is 1.67 bits per heavy atom. The van der Waals surface area contributed by atoms with Gasteiger partial charge in [-0.2, -0.15) is 4.98 Å². The molecule has 182 valence electrons. The van der Waals surface area contributed by atoms with Crippen molar-refractivity contribution in [2.24, 2.45) is 0 Å². The highest BCUT2D eigenvalue weighted by Crippen LogP contribution is 2.28. The molecule has 1 N–H and O–H groups in total. The Kier molecular flexibility index (Phi) is 5.43. The predicted molar refractivity (Wildman–Crippen MR) is 120 cm³/mol. The van der Waals surface area contributed by atoms with E-state index in [-0.39, 0.29) is 22.8 Å². The summed E-state index contributed by atoms with van der Waals surface area (Å²) in [4.78, 5) is 43.2. The van der Waals surface area contributed by atoms with Crippen molar-refractivity contribution in [1.82, 2.24) is 19.5 Å². The van der Waals surface area contributed by atoms with Gasteiger partial charge in [0, 0.05) is 11.8 Å². The molecule has 0 saturated heterocycles. The second-order valence-electron chi connectivity index (χ2n) is 7.92. The number of benzene rings is 2. The van der Waals surface area contributed by atoms with Crippen molar-refractivity contribution in [2.75, 3.05) is 5.32 Å². The topological polar surface area (TPSA) is 106 Å². The van der Waals surface area contributed by atoms with E-state index in [0.29, 0.717) is 16.8 Å². The molecule has 0 aliphatic carbocycles. The lowest BCUT2D eigenvalue weighted by Gasteiger charge is -2.20. The van der Waals surface area contributed by atoms with E-state index in [1.165, 1.54) is 48.0 Å². The van der Waals surface area contributed by atoms with Gasteiger partial charge in [-0.25, -0.2) is 4.52 Å². The number of rotatable bonds is 5. The SMILES string of the molecule is C[C@@H](C(=O)Nc1nc2ccc(-c3cccc(OC(F)(F)F)c3)cn2n1)N1C(=O)c2ccccc2C1=O. The van der Waals surface area contributed by atoms with Gasteiger partial charge in [0.1, 0.15) is 11.8 Å². The monoisotopic (exact) mass is 495 g/mol. The molecule has 12 heteroatoms. The van der Waals surface area contributed by atoms with Gasteiger partial charge in [0.25, 0.3) is 11.8 Å². The maximum atomic E-state index is 12.8. The molecule has 1 aliphatic heterocycles. The molecule has 9 nitrogen and oxygen atoms in total. The maximum Gasteiger partial charge on any atom is 0.573 e. The quantitative estimate of drug-likeness (QED) is 0.421. The number of halogens is 3. The van der Waals surface area contributed by atoms with E-state index in [1.54, 1.807) is 30.3 Å². The van der Waals surface area contributed by atoms with Crippen molar-refractivity contribution < 1.29 is 32.3 Å². The Balaban J connectivity index is 1.34. The molecule has 2 aromatic carbocycles. The lowest BCUT2D eigenvalue weighted by molar-refractivity contribution is -0.274. The average Bonchev–Trinajstić information content (AvgIpc) is 3.35. The Hall–Kier alpha value is -4.74. The van der Waals surface area contributed by atoms with E-state index in [1.807, 2.05) is 0 Å². The molecule has 4 aromatic rings. The first-order chi connectivity index (χ1) is 17.1. The van der Waals surface area contributed by atoms with Crippen LogP contribution in [0, 0.1) is 0 Å². The van der Waals surface area contributed by atoms with Gasteiger partial charge in [-0.15, -0.1) is 18.3 Å². The summed E-state index contributed by atoms with van der Waals surface area (Å²) < 4.78 is 42.9. The number of imide groups is 1. The molecule has 1 atom stereocenters. The largest absolute Gasteiger partial charge is 0.573 e. The summed E-state index contributed by atoms with van der Waals surface area (Å²) in [5, 5.41) is 6.68. The third-order valence-electron chi connectivity index (χ3n) is 5.56. The smallest absolute Gasteiger partial charge is 0.406 e. The van der Waals surface area contributed by atoms with Gasteiger partial charge in [-0.1, -0.05) is 24.3 Å². The number of fused-ring (bicyclic) bond motifs is 2. The number of carbonyl (C=O) groups excluding carboxylic acids is 3. The van der Waals surface area contributed by atoms with Crippen LogP contribution in [0.25, 0.3) is 16.8 Å². The molecule has 0 radical (unpaired) electrons. The molecule has 1 aliphatic rings. The molecule has 2 aromatic heterocycles. The predicted octanol–water partition coefficient (Wildman–Crippen LogP) is 3.92. The van der Waals surface area contributed by atoms with E-state index >= 15 is 0 Å². The second kappa shape index (κ2) is 8.48. The van der Waals surface area contributed by atoms with Crippen LogP contribution in [0.4, 0.5) is 19.1 Å². The Morgan fingerprint density at radius 1 is 0.972 bits per heavy atom. The highest BCUT2D eigenvalue weighted by Gasteiger charge is 2.40. The summed E-state index contributed by atoms with van der Waals surface area (Å²) >= 11 is 0. The fraction of sp³-hybridized carbons (Fsp3) is 0.125. The molecule has 3 heterocycles. The minimum absolute atomic E-state index is 0.0743. The van der Waals surface area contributed by atoms with Crippen LogP contribution in [0.3, 0.4) is 0 Å². The van der Waals surface area contributed by atoms with Crippen LogP contribution in [0.15, 0.2) is 66.9 Å². The van der Waals surface area contributed by atoms with Gasteiger partial charge in [0.05, 0.1) is 11.1 Å². The average molecular weight is 495 g/mol. The van der Waals surface area contributed by atoms with Crippen LogP contribution >= 0.6 is 0 Å². The molecular weight excluding hydrogens is 479 g/mol. The number of hydrogen-bond acceptors (Lipinski definition) is 6. The maximum absolute atomic E-state index is 12.8. The third kappa shape index (κ3) is 4.24. The summed E-state index contributed by atoms with van der Waals surface area (Å²) in [7, 11) is 0. The Bertz CT molecular complexity index is 1500. The number of aromatic nitrogens is 3. The summed E-state index contributed by atoms with van der Waals surface area (Å²) in [5.74, 6) is -2.24. The number of nitrogens with one attached hydrogen (secondary N) is 1. The highest BCUT2D eigenvalue weighted by molar-refractivity contribution is 6.23. The van der Waals surface area contributed by atoms with Crippen molar-refractivity contribution in [3.63, 3.8) is 0 Å². The van der Waals surface area contributed by atoms with Crippen LogP contribution in [0.2, 0.25) is 0 Å². The van der Waals surface area contributed by atoms with E-state index in [2.05, 4.69) is 20.1 Å². The zero-order valence-corrected chi connectivity index (χ0v) is 18.5. The van der Waals surface area contributed by atoms with Crippen molar-refractivity contribution >= 4 is 29.3 Å².